The van der Waals surface area contributed by atoms with Gasteiger partial charge in [-0.05, 0) is 36.6 Å². The minimum absolute atomic E-state index is 0.151. The molecule has 0 saturated carbocycles. The van der Waals surface area contributed by atoms with Crippen LogP contribution in [0.1, 0.15) is 31.9 Å². The first-order valence-corrected chi connectivity index (χ1v) is 6.95. The molecule has 1 fully saturated rings. The second-order valence-electron chi connectivity index (χ2n) is 5.69. The molecule has 1 N–H and O–H groups in total. The van der Waals surface area contributed by atoms with Crippen molar-refractivity contribution in [1.29, 1.82) is 0 Å². The number of benzene rings is 1. The molecule has 0 radical (unpaired) electrons. The van der Waals surface area contributed by atoms with Gasteiger partial charge in [0, 0.05) is 19.1 Å². The lowest BCUT2D eigenvalue weighted by atomic mass is 9.95. The van der Waals surface area contributed by atoms with Crippen LogP contribution < -0.4 is 5.32 Å². The van der Waals surface area contributed by atoms with E-state index < -0.39 is 17.5 Å². The fraction of sp³-hybridized carbons (Fsp3) is 0.600. The average molecular weight is 287 g/mol. The normalized spacial score (nSPS) is 22.7. The first-order valence-electron chi connectivity index (χ1n) is 6.95. The number of halogens is 3. The molecule has 0 aromatic heterocycles. The molecule has 1 aliphatic rings. The monoisotopic (exact) mass is 287 g/mol. The first-order chi connectivity index (χ1) is 9.49. The SMILES string of the molecule is CC(C)CNCC1CCOC1c1cc(F)c(F)c(F)c1. The van der Waals surface area contributed by atoms with Crippen molar-refractivity contribution in [2.45, 2.75) is 26.4 Å². The van der Waals surface area contributed by atoms with Gasteiger partial charge in [-0.15, -0.1) is 0 Å². The minimum atomic E-state index is -1.43. The molecule has 1 aromatic rings. The maximum atomic E-state index is 13.3. The second kappa shape index (κ2) is 6.59. The van der Waals surface area contributed by atoms with Crippen LogP contribution in [-0.2, 0) is 4.74 Å². The van der Waals surface area contributed by atoms with E-state index in [2.05, 4.69) is 19.2 Å². The van der Waals surface area contributed by atoms with Crippen molar-refractivity contribution in [3.8, 4) is 0 Å². The fourth-order valence-corrected chi connectivity index (χ4v) is 2.51. The predicted molar refractivity (Wildman–Crippen MR) is 70.8 cm³/mol. The van der Waals surface area contributed by atoms with Gasteiger partial charge in [0.25, 0.3) is 0 Å². The maximum Gasteiger partial charge on any atom is 0.194 e. The summed E-state index contributed by atoms with van der Waals surface area (Å²) in [4.78, 5) is 0. The summed E-state index contributed by atoms with van der Waals surface area (Å²) in [6, 6.07) is 2.06. The van der Waals surface area contributed by atoms with Crippen LogP contribution in [0.3, 0.4) is 0 Å². The summed E-state index contributed by atoms with van der Waals surface area (Å²) in [5.74, 6) is -3.07. The highest BCUT2D eigenvalue weighted by Gasteiger charge is 2.30. The quantitative estimate of drug-likeness (QED) is 0.838. The molecular weight excluding hydrogens is 267 g/mol. The highest BCUT2D eigenvalue weighted by molar-refractivity contribution is 5.23. The van der Waals surface area contributed by atoms with Crippen molar-refractivity contribution in [2.24, 2.45) is 11.8 Å². The van der Waals surface area contributed by atoms with Crippen molar-refractivity contribution < 1.29 is 17.9 Å². The largest absolute Gasteiger partial charge is 0.373 e. The van der Waals surface area contributed by atoms with E-state index >= 15 is 0 Å². The van der Waals surface area contributed by atoms with Crippen molar-refractivity contribution in [3.05, 3.63) is 35.1 Å². The summed E-state index contributed by atoms with van der Waals surface area (Å²) in [7, 11) is 0. The van der Waals surface area contributed by atoms with E-state index in [0.717, 1.165) is 31.6 Å². The molecule has 1 saturated heterocycles. The molecule has 2 nitrogen and oxygen atoms in total. The van der Waals surface area contributed by atoms with Gasteiger partial charge in [0.15, 0.2) is 17.5 Å². The van der Waals surface area contributed by atoms with Crippen LogP contribution in [0.4, 0.5) is 13.2 Å². The molecule has 0 bridgehead atoms. The number of hydrogen-bond acceptors (Lipinski definition) is 2. The highest BCUT2D eigenvalue weighted by Crippen LogP contribution is 2.35. The Balaban J connectivity index is 2.06. The van der Waals surface area contributed by atoms with Gasteiger partial charge >= 0.3 is 0 Å². The molecule has 2 atom stereocenters. The predicted octanol–water partition coefficient (Wildman–Crippen LogP) is 3.43. The van der Waals surface area contributed by atoms with E-state index in [1.807, 2.05) is 0 Å². The van der Waals surface area contributed by atoms with Crippen molar-refractivity contribution in [2.75, 3.05) is 19.7 Å². The molecule has 0 amide bonds. The fourth-order valence-electron chi connectivity index (χ4n) is 2.51. The molecule has 0 aliphatic carbocycles. The molecule has 1 heterocycles. The third-order valence-corrected chi connectivity index (χ3v) is 3.51. The van der Waals surface area contributed by atoms with Gasteiger partial charge in [-0.25, -0.2) is 13.2 Å². The molecule has 5 heteroatoms. The van der Waals surface area contributed by atoms with E-state index in [1.165, 1.54) is 0 Å². The van der Waals surface area contributed by atoms with Gasteiger partial charge in [-0.1, -0.05) is 13.8 Å². The van der Waals surface area contributed by atoms with Crippen LogP contribution >= 0.6 is 0 Å². The highest BCUT2D eigenvalue weighted by atomic mass is 19.2. The lowest BCUT2D eigenvalue weighted by Crippen LogP contribution is -2.28. The van der Waals surface area contributed by atoms with Crippen molar-refractivity contribution in [1.82, 2.24) is 5.32 Å². The van der Waals surface area contributed by atoms with Crippen molar-refractivity contribution in [3.63, 3.8) is 0 Å². The van der Waals surface area contributed by atoms with Gasteiger partial charge in [0.05, 0.1) is 6.10 Å². The third kappa shape index (κ3) is 3.52. The zero-order valence-electron chi connectivity index (χ0n) is 11.8. The first kappa shape index (κ1) is 15.3. The van der Waals surface area contributed by atoms with Crippen LogP contribution in [0.25, 0.3) is 0 Å². The number of rotatable bonds is 5. The number of hydrogen-bond donors (Lipinski definition) is 1. The van der Waals surface area contributed by atoms with Crippen LogP contribution in [0.5, 0.6) is 0 Å². The van der Waals surface area contributed by atoms with Crippen LogP contribution in [0.15, 0.2) is 12.1 Å². The Bertz CT molecular complexity index is 441. The molecule has 2 unspecified atom stereocenters. The topological polar surface area (TPSA) is 21.3 Å². The number of nitrogens with one attached hydrogen (secondary N) is 1. The van der Waals surface area contributed by atoms with Crippen LogP contribution in [0.2, 0.25) is 0 Å². The summed E-state index contributed by atoms with van der Waals surface area (Å²) in [6.07, 6.45) is 0.454. The van der Waals surface area contributed by atoms with Gasteiger partial charge in [-0.2, -0.15) is 0 Å². The Hall–Kier alpha value is -1.07. The molecule has 0 spiro atoms. The van der Waals surface area contributed by atoms with Gasteiger partial charge < -0.3 is 10.1 Å². The van der Waals surface area contributed by atoms with Gasteiger partial charge in [0.2, 0.25) is 0 Å². The van der Waals surface area contributed by atoms with E-state index in [0.29, 0.717) is 18.1 Å². The molecular formula is C15H20F3NO. The minimum Gasteiger partial charge on any atom is -0.373 e. The van der Waals surface area contributed by atoms with E-state index in [9.17, 15) is 13.2 Å². The van der Waals surface area contributed by atoms with Gasteiger partial charge in [-0.3, -0.25) is 0 Å². The maximum absolute atomic E-state index is 13.3. The van der Waals surface area contributed by atoms with Crippen molar-refractivity contribution >= 4 is 0 Å². The molecule has 112 valence electrons. The molecule has 2 rings (SSSR count). The Kier molecular flexibility index (Phi) is 5.05. The molecule has 1 aliphatic heterocycles. The van der Waals surface area contributed by atoms with Crippen LogP contribution in [0, 0.1) is 29.3 Å². The summed E-state index contributed by atoms with van der Waals surface area (Å²) < 4.78 is 45.1. The summed E-state index contributed by atoms with van der Waals surface area (Å²) in [5.41, 5.74) is 0.371. The Morgan fingerprint density at radius 2 is 1.90 bits per heavy atom. The average Bonchev–Trinajstić information content (AvgIpc) is 2.83. The Morgan fingerprint density at radius 1 is 1.25 bits per heavy atom. The molecule has 20 heavy (non-hydrogen) atoms. The molecule has 1 aromatic carbocycles. The second-order valence-corrected chi connectivity index (χ2v) is 5.69. The van der Waals surface area contributed by atoms with Crippen LogP contribution in [-0.4, -0.2) is 19.7 Å². The lowest BCUT2D eigenvalue weighted by molar-refractivity contribution is 0.0896. The Morgan fingerprint density at radius 3 is 2.50 bits per heavy atom. The summed E-state index contributed by atoms with van der Waals surface area (Å²) >= 11 is 0. The van der Waals surface area contributed by atoms with E-state index in [1.54, 1.807) is 0 Å². The van der Waals surface area contributed by atoms with Gasteiger partial charge in [0.1, 0.15) is 0 Å². The Labute approximate surface area is 117 Å². The van der Waals surface area contributed by atoms with E-state index in [4.69, 9.17) is 4.74 Å². The number of ether oxygens (including phenoxy) is 1. The standard InChI is InChI=1S/C15H20F3NO/c1-9(2)7-19-8-10-3-4-20-15(10)11-5-12(16)14(18)13(17)6-11/h5-6,9-10,15,19H,3-4,7-8H2,1-2H3. The lowest BCUT2D eigenvalue weighted by Gasteiger charge is -2.20. The third-order valence-electron chi connectivity index (χ3n) is 3.51. The van der Waals surface area contributed by atoms with E-state index in [-0.39, 0.29) is 12.0 Å². The summed E-state index contributed by atoms with van der Waals surface area (Å²) in [5, 5.41) is 3.33. The smallest absolute Gasteiger partial charge is 0.194 e. The summed E-state index contributed by atoms with van der Waals surface area (Å²) in [6.45, 7) is 6.39. The zero-order chi connectivity index (χ0) is 14.7. The zero-order valence-corrected chi connectivity index (χ0v) is 11.8.